The van der Waals surface area contributed by atoms with Crippen LogP contribution in [0.5, 0.6) is 0 Å². The Morgan fingerprint density at radius 2 is 2.17 bits per heavy atom. The molecule has 12 heavy (non-hydrogen) atoms. The first kappa shape index (κ1) is 8.15. The monoisotopic (exact) mass is 166 g/mol. The van der Waals surface area contributed by atoms with Gasteiger partial charge in [-0.05, 0) is 36.7 Å². The van der Waals surface area contributed by atoms with E-state index in [1.54, 1.807) is 5.57 Å². The molecule has 68 valence electrons. The Morgan fingerprint density at radius 1 is 1.33 bits per heavy atom. The Labute approximate surface area is 74.8 Å². The van der Waals surface area contributed by atoms with Crippen LogP contribution in [0.3, 0.4) is 0 Å². The summed E-state index contributed by atoms with van der Waals surface area (Å²) in [6.45, 7) is 5.64. The molecule has 0 radical (unpaired) electrons. The SMILES string of the molecule is C[C@H]1CC2=C(CCCO2)[C@@H](C)C1. The van der Waals surface area contributed by atoms with E-state index in [1.807, 2.05) is 0 Å². The third kappa shape index (κ3) is 1.37. The zero-order valence-electron chi connectivity index (χ0n) is 8.10. The first-order chi connectivity index (χ1) is 5.77. The van der Waals surface area contributed by atoms with Crippen molar-refractivity contribution in [3.05, 3.63) is 11.3 Å². The summed E-state index contributed by atoms with van der Waals surface area (Å²) in [4.78, 5) is 0. The van der Waals surface area contributed by atoms with E-state index in [-0.39, 0.29) is 0 Å². The van der Waals surface area contributed by atoms with Gasteiger partial charge in [-0.3, -0.25) is 0 Å². The van der Waals surface area contributed by atoms with Crippen molar-refractivity contribution in [3.63, 3.8) is 0 Å². The highest BCUT2D eigenvalue weighted by atomic mass is 16.5. The molecule has 2 atom stereocenters. The average Bonchev–Trinajstić information content (AvgIpc) is 2.04. The molecule has 0 saturated carbocycles. The lowest BCUT2D eigenvalue weighted by Crippen LogP contribution is -2.20. The molecule has 2 rings (SSSR count). The van der Waals surface area contributed by atoms with Crippen LogP contribution in [-0.4, -0.2) is 6.61 Å². The molecule has 1 heteroatoms. The standard InChI is InChI=1S/C11H18O/c1-8-6-9(2)10-4-3-5-12-11(10)7-8/h8-9H,3-7H2,1-2H3/t8-,9+/m1/s1. The van der Waals surface area contributed by atoms with Crippen LogP contribution >= 0.6 is 0 Å². The third-order valence-electron chi connectivity index (χ3n) is 3.11. The van der Waals surface area contributed by atoms with Gasteiger partial charge in [0, 0.05) is 6.42 Å². The van der Waals surface area contributed by atoms with Crippen molar-refractivity contribution in [2.45, 2.75) is 39.5 Å². The van der Waals surface area contributed by atoms with E-state index < -0.39 is 0 Å². The van der Waals surface area contributed by atoms with Crippen LogP contribution < -0.4 is 0 Å². The maximum atomic E-state index is 5.70. The Balaban J connectivity index is 2.20. The lowest BCUT2D eigenvalue weighted by atomic mass is 9.79. The summed E-state index contributed by atoms with van der Waals surface area (Å²) in [5.74, 6) is 2.95. The van der Waals surface area contributed by atoms with Crippen molar-refractivity contribution >= 4 is 0 Å². The molecular weight excluding hydrogens is 148 g/mol. The van der Waals surface area contributed by atoms with E-state index in [1.165, 1.54) is 31.4 Å². The van der Waals surface area contributed by atoms with Crippen LogP contribution in [0, 0.1) is 11.8 Å². The predicted octanol–water partition coefficient (Wildman–Crippen LogP) is 3.12. The summed E-state index contributed by atoms with van der Waals surface area (Å²) in [6.07, 6.45) is 5.09. The minimum atomic E-state index is 0.782. The molecule has 0 aromatic carbocycles. The van der Waals surface area contributed by atoms with Crippen molar-refractivity contribution < 1.29 is 4.74 Å². The second-order valence-electron chi connectivity index (χ2n) is 4.35. The Kier molecular flexibility index (Phi) is 2.12. The van der Waals surface area contributed by atoms with Gasteiger partial charge in [-0.2, -0.15) is 0 Å². The fourth-order valence-corrected chi connectivity index (χ4v) is 2.55. The fraction of sp³-hybridized carbons (Fsp3) is 0.818. The minimum absolute atomic E-state index is 0.782. The second-order valence-corrected chi connectivity index (χ2v) is 4.35. The van der Waals surface area contributed by atoms with Gasteiger partial charge in [0.15, 0.2) is 0 Å². The van der Waals surface area contributed by atoms with Gasteiger partial charge >= 0.3 is 0 Å². The molecule has 1 aliphatic carbocycles. The molecule has 0 amide bonds. The van der Waals surface area contributed by atoms with Crippen LogP contribution in [0.1, 0.15) is 39.5 Å². The summed E-state index contributed by atoms with van der Waals surface area (Å²) in [5.41, 5.74) is 1.62. The molecule has 0 bridgehead atoms. The molecule has 1 heterocycles. The van der Waals surface area contributed by atoms with E-state index in [4.69, 9.17) is 4.74 Å². The van der Waals surface area contributed by atoms with Gasteiger partial charge in [0.1, 0.15) is 0 Å². The van der Waals surface area contributed by atoms with Crippen LogP contribution in [0.25, 0.3) is 0 Å². The van der Waals surface area contributed by atoms with Gasteiger partial charge in [-0.25, -0.2) is 0 Å². The average molecular weight is 166 g/mol. The molecule has 0 spiro atoms. The van der Waals surface area contributed by atoms with Crippen molar-refractivity contribution in [2.24, 2.45) is 11.8 Å². The molecule has 0 unspecified atom stereocenters. The fourth-order valence-electron chi connectivity index (χ4n) is 2.55. The summed E-state index contributed by atoms with van der Waals surface area (Å²) in [5, 5.41) is 0. The van der Waals surface area contributed by atoms with E-state index in [0.29, 0.717) is 0 Å². The number of ether oxygens (including phenoxy) is 1. The third-order valence-corrected chi connectivity index (χ3v) is 3.11. The van der Waals surface area contributed by atoms with Gasteiger partial charge in [0.25, 0.3) is 0 Å². The molecule has 1 aliphatic heterocycles. The highest BCUT2D eigenvalue weighted by Gasteiger charge is 2.26. The zero-order valence-corrected chi connectivity index (χ0v) is 8.10. The number of hydrogen-bond acceptors (Lipinski definition) is 1. The Hall–Kier alpha value is -0.460. The number of allylic oxidation sites excluding steroid dienone is 2. The van der Waals surface area contributed by atoms with Crippen LogP contribution in [-0.2, 0) is 4.74 Å². The summed E-state index contributed by atoms with van der Waals surface area (Å²) >= 11 is 0. The first-order valence-electron chi connectivity index (χ1n) is 5.12. The van der Waals surface area contributed by atoms with E-state index in [9.17, 15) is 0 Å². The van der Waals surface area contributed by atoms with Crippen LogP contribution in [0.4, 0.5) is 0 Å². The van der Waals surface area contributed by atoms with Crippen molar-refractivity contribution in [1.82, 2.24) is 0 Å². The highest BCUT2D eigenvalue weighted by molar-refractivity contribution is 5.17. The summed E-state index contributed by atoms with van der Waals surface area (Å²) in [6, 6.07) is 0. The van der Waals surface area contributed by atoms with E-state index >= 15 is 0 Å². The smallest absolute Gasteiger partial charge is 0.0957 e. The van der Waals surface area contributed by atoms with Crippen molar-refractivity contribution in [3.8, 4) is 0 Å². The van der Waals surface area contributed by atoms with E-state index in [0.717, 1.165) is 18.4 Å². The summed E-state index contributed by atoms with van der Waals surface area (Å²) < 4.78 is 5.70. The second kappa shape index (κ2) is 3.12. The molecule has 1 nitrogen and oxygen atoms in total. The molecule has 0 N–H and O–H groups in total. The molecule has 2 aliphatic rings. The lowest BCUT2D eigenvalue weighted by Gasteiger charge is -2.33. The van der Waals surface area contributed by atoms with Crippen molar-refractivity contribution in [1.29, 1.82) is 0 Å². The van der Waals surface area contributed by atoms with E-state index in [2.05, 4.69) is 13.8 Å². The minimum Gasteiger partial charge on any atom is -0.498 e. The van der Waals surface area contributed by atoms with Gasteiger partial charge < -0.3 is 4.74 Å². The normalized spacial score (nSPS) is 35.8. The molecule has 0 saturated heterocycles. The first-order valence-corrected chi connectivity index (χ1v) is 5.12. The van der Waals surface area contributed by atoms with Gasteiger partial charge in [0.2, 0.25) is 0 Å². The molecule has 0 aromatic rings. The molecule has 0 aromatic heterocycles. The maximum absolute atomic E-state index is 5.70. The quantitative estimate of drug-likeness (QED) is 0.537. The van der Waals surface area contributed by atoms with Gasteiger partial charge in [0.05, 0.1) is 12.4 Å². The Morgan fingerprint density at radius 3 is 3.00 bits per heavy atom. The topological polar surface area (TPSA) is 9.23 Å². The molecule has 0 fully saturated rings. The van der Waals surface area contributed by atoms with Crippen molar-refractivity contribution in [2.75, 3.05) is 6.61 Å². The predicted molar refractivity (Wildman–Crippen MR) is 49.8 cm³/mol. The van der Waals surface area contributed by atoms with Crippen LogP contribution in [0.2, 0.25) is 0 Å². The maximum Gasteiger partial charge on any atom is 0.0957 e. The van der Waals surface area contributed by atoms with Gasteiger partial charge in [-0.15, -0.1) is 0 Å². The largest absolute Gasteiger partial charge is 0.498 e. The number of hydrogen-bond donors (Lipinski definition) is 0. The highest BCUT2D eigenvalue weighted by Crippen LogP contribution is 2.38. The lowest BCUT2D eigenvalue weighted by molar-refractivity contribution is 0.146. The zero-order chi connectivity index (χ0) is 8.55. The van der Waals surface area contributed by atoms with Gasteiger partial charge in [-0.1, -0.05) is 13.8 Å². The number of rotatable bonds is 0. The van der Waals surface area contributed by atoms with Crippen LogP contribution in [0.15, 0.2) is 11.3 Å². The summed E-state index contributed by atoms with van der Waals surface area (Å²) in [7, 11) is 0. The molecular formula is C11H18O. The Bertz CT molecular complexity index is 205.